The van der Waals surface area contributed by atoms with Crippen LogP contribution < -0.4 is 10.6 Å². The van der Waals surface area contributed by atoms with Crippen LogP contribution >= 0.6 is 0 Å². The van der Waals surface area contributed by atoms with E-state index in [1.807, 2.05) is 18.2 Å². The van der Waals surface area contributed by atoms with Gasteiger partial charge >= 0.3 is 12.2 Å². The van der Waals surface area contributed by atoms with Crippen molar-refractivity contribution in [2.24, 2.45) is 5.92 Å². The monoisotopic (exact) mass is 379 g/mol. The fourth-order valence-electron chi connectivity index (χ4n) is 2.88. The van der Waals surface area contributed by atoms with Crippen LogP contribution in [0.1, 0.15) is 37.8 Å². The number of aromatic nitrogens is 1. The zero-order valence-electron chi connectivity index (χ0n) is 15.7. The summed E-state index contributed by atoms with van der Waals surface area (Å²) < 4.78 is 15.3. The molecular weight excluding hydrogens is 350 g/mol. The third kappa shape index (κ3) is 9.79. The van der Waals surface area contributed by atoms with Crippen molar-refractivity contribution in [1.29, 1.82) is 0 Å². The van der Waals surface area contributed by atoms with Gasteiger partial charge in [-0.2, -0.15) is 0 Å². The SMILES string of the molecule is O=C(NCc1ccccn1)OCCOCCOC(=O)NCC1CCCCC1. The van der Waals surface area contributed by atoms with Gasteiger partial charge in [0.25, 0.3) is 0 Å². The van der Waals surface area contributed by atoms with Crippen molar-refractivity contribution in [3.05, 3.63) is 30.1 Å². The van der Waals surface area contributed by atoms with Crippen molar-refractivity contribution in [3.63, 3.8) is 0 Å². The first kappa shape index (κ1) is 21.0. The second-order valence-corrected chi connectivity index (χ2v) is 6.44. The molecule has 0 aromatic carbocycles. The number of carbonyl (C=O) groups excluding carboxylic acids is 2. The van der Waals surface area contributed by atoms with E-state index >= 15 is 0 Å². The lowest BCUT2D eigenvalue weighted by Crippen LogP contribution is -2.31. The van der Waals surface area contributed by atoms with Crippen molar-refractivity contribution in [3.8, 4) is 0 Å². The molecule has 1 saturated carbocycles. The highest BCUT2D eigenvalue weighted by atomic mass is 16.6. The van der Waals surface area contributed by atoms with Gasteiger partial charge in [-0.1, -0.05) is 25.3 Å². The van der Waals surface area contributed by atoms with E-state index in [-0.39, 0.29) is 26.4 Å². The van der Waals surface area contributed by atoms with Gasteiger partial charge in [-0.05, 0) is 30.9 Å². The first-order chi connectivity index (χ1) is 13.2. The number of amides is 2. The molecule has 0 radical (unpaired) electrons. The standard InChI is InChI=1S/C19H29N3O5/c23-18(21-14-16-6-2-1-3-7-16)26-12-10-25-11-13-27-19(24)22-15-17-8-4-5-9-20-17/h4-5,8-9,16H,1-3,6-7,10-15H2,(H,21,23)(H,22,24). The van der Waals surface area contributed by atoms with Crippen LogP contribution in [0.5, 0.6) is 0 Å². The summed E-state index contributed by atoms with van der Waals surface area (Å²) in [6.45, 7) is 1.79. The Bertz CT molecular complexity index is 550. The second-order valence-electron chi connectivity index (χ2n) is 6.44. The molecule has 0 aliphatic heterocycles. The summed E-state index contributed by atoms with van der Waals surface area (Å²) >= 11 is 0. The minimum atomic E-state index is -0.525. The number of rotatable bonds is 10. The average molecular weight is 379 g/mol. The molecule has 1 aliphatic carbocycles. The van der Waals surface area contributed by atoms with Crippen LogP contribution in [0.3, 0.4) is 0 Å². The van der Waals surface area contributed by atoms with Crippen molar-refractivity contribution >= 4 is 12.2 Å². The number of nitrogens with zero attached hydrogens (tertiary/aromatic N) is 1. The average Bonchev–Trinajstić information content (AvgIpc) is 2.71. The lowest BCUT2D eigenvalue weighted by atomic mass is 9.89. The van der Waals surface area contributed by atoms with E-state index in [1.165, 1.54) is 32.1 Å². The lowest BCUT2D eigenvalue weighted by molar-refractivity contribution is 0.0453. The molecule has 0 atom stereocenters. The first-order valence-electron chi connectivity index (χ1n) is 9.53. The Balaban J connectivity index is 1.38. The minimum Gasteiger partial charge on any atom is -0.447 e. The number of pyridine rings is 1. The molecule has 2 amide bonds. The predicted molar refractivity (Wildman–Crippen MR) is 99.2 cm³/mol. The van der Waals surface area contributed by atoms with E-state index < -0.39 is 12.2 Å². The summed E-state index contributed by atoms with van der Waals surface area (Å²) in [5, 5.41) is 5.40. The van der Waals surface area contributed by atoms with Crippen LogP contribution in [-0.4, -0.2) is 50.1 Å². The van der Waals surface area contributed by atoms with E-state index in [1.54, 1.807) is 6.20 Å². The molecule has 1 fully saturated rings. The van der Waals surface area contributed by atoms with Gasteiger partial charge in [0.15, 0.2) is 0 Å². The molecule has 0 saturated heterocycles. The largest absolute Gasteiger partial charge is 0.447 e. The van der Waals surface area contributed by atoms with Crippen LogP contribution in [-0.2, 0) is 20.8 Å². The van der Waals surface area contributed by atoms with E-state index in [2.05, 4.69) is 15.6 Å². The molecule has 150 valence electrons. The van der Waals surface area contributed by atoms with Gasteiger partial charge in [-0.15, -0.1) is 0 Å². The molecule has 1 heterocycles. The molecule has 0 bridgehead atoms. The number of nitrogens with one attached hydrogen (secondary N) is 2. The molecule has 8 nitrogen and oxygen atoms in total. The highest BCUT2D eigenvalue weighted by Gasteiger charge is 2.14. The maximum absolute atomic E-state index is 11.6. The van der Waals surface area contributed by atoms with Crippen molar-refractivity contribution in [2.75, 3.05) is 33.0 Å². The Hall–Kier alpha value is -2.35. The molecule has 1 aromatic heterocycles. The van der Waals surface area contributed by atoms with Gasteiger partial charge in [0, 0.05) is 12.7 Å². The fraction of sp³-hybridized carbons (Fsp3) is 0.632. The van der Waals surface area contributed by atoms with Gasteiger partial charge < -0.3 is 24.8 Å². The Labute approximate surface area is 160 Å². The maximum atomic E-state index is 11.6. The topological polar surface area (TPSA) is 98.8 Å². The summed E-state index contributed by atoms with van der Waals surface area (Å²) in [6.07, 6.45) is 6.88. The summed E-state index contributed by atoms with van der Waals surface area (Å²) in [5.41, 5.74) is 0.754. The van der Waals surface area contributed by atoms with E-state index in [0.717, 1.165) is 5.69 Å². The van der Waals surface area contributed by atoms with Crippen molar-refractivity contribution in [2.45, 2.75) is 38.6 Å². The smallest absolute Gasteiger partial charge is 0.407 e. The second kappa shape index (κ2) is 12.9. The van der Waals surface area contributed by atoms with Crippen LogP contribution in [0, 0.1) is 5.92 Å². The van der Waals surface area contributed by atoms with Crippen LogP contribution in [0.4, 0.5) is 9.59 Å². The zero-order valence-corrected chi connectivity index (χ0v) is 15.7. The Kier molecular flexibility index (Phi) is 10.0. The number of alkyl carbamates (subject to hydrolysis) is 2. The van der Waals surface area contributed by atoms with Gasteiger partial charge in [-0.3, -0.25) is 4.98 Å². The molecular formula is C19H29N3O5. The highest BCUT2D eigenvalue weighted by Crippen LogP contribution is 2.22. The zero-order chi connectivity index (χ0) is 19.2. The Morgan fingerprint density at radius 2 is 1.67 bits per heavy atom. The highest BCUT2D eigenvalue weighted by molar-refractivity contribution is 5.67. The summed E-state index contributed by atoms with van der Waals surface area (Å²) in [7, 11) is 0. The normalized spacial score (nSPS) is 14.4. The summed E-state index contributed by atoms with van der Waals surface area (Å²) in [5.74, 6) is 0.573. The molecule has 27 heavy (non-hydrogen) atoms. The van der Waals surface area contributed by atoms with Crippen LogP contribution in [0.25, 0.3) is 0 Å². The number of hydrogen-bond acceptors (Lipinski definition) is 6. The Morgan fingerprint density at radius 1 is 0.963 bits per heavy atom. The minimum absolute atomic E-state index is 0.127. The van der Waals surface area contributed by atoms with Crippen LogP contribution in [0.15, 0.2) is 24.4 Å². The van der Waals surface area contributed by atoms with Crippen molar-refractivity contribution < 1.29 is 23.8 Å². The van der Waals surface area contributed by atoms with Gasteiger partial charge in [0.1, 0.15) is 13.2 Å². The Morgan fingerprint density at radius 3 is 2.33 bits per heavy atom. The number of ether oxygens (including phenoxy) is 3. The summed E-state index contributed by atoms with van der Waals surface area (Å²) in [6, 6.07) is 5.47. The molecule has 0 spiro atoms. The van der Waals surface area contributed by atoms with Gasteiger partial charge in [0.05, 0.1) is 25.5 Å². The molecule has 1 aliphatic rings. The predicted octanol–water partition coefficient (Wildman–Crippen LogP) is 2.63. The van der Waals surface area contributed by atoms with Gasteiger partial charge in [-0.25, -0.2) is 9.59 Å². The number of hydrogen-bond donors (Lipinski definition) is 2. The van der Waals surface area contributed by atoms with Gasteiger partial charge in [0.2, 0.25) is 0 Å². The van der Waals surface area contributed by atoms with E-state index in [0.29, 0.717) is 19.0 Å². The summed E-state index contributed by atoms with van der Waals surface area (Å²) in [4.78, 5) is 27.2. The molecule has 8 heteroatoms. The maximum Gasteiger partial charge on any atom is 0.407 e. The molecule has 1 aromatic rings. The lowest BCUT2D eigenvalue weighted by Gasteiger charge is -2.21. The molecule has 2 N–H and O–H groups in total. The van der Waals surface area contributed by atoms with Crippen LogP contribution in [0.2, 0.25) is 0 Å². The quantitative estimate of drug-likeness (QED) is 0.607. The third-order valence-corrected chi connectivity index (χ3v) is 4.32. The fourth-order valence-corrected chi connectivity index (χ4v) is 2.88. The van der Waals surface area contributed by atoms with Crippen molar-refractivity contribution in [1.82, 2.24) is 15.6 Å². The van der Waals surface area contributed by atoms with E-state index in [9.17, 15) is 9.59 Å². The van der Waals surface area contributed by atoms with E-state index in [4.69, 9.17) is 14.2 Å². The first-order valence-corrected chi connectivity index (χ1v) is 9.53. The molecule has 2 rings (SSSR count). The third-order valence-electron chi connectivity index (χ3n) is 4.32. The molecule has 0 unspecified atom stereocenters. The number of carbonyl (C=O) groups is 2.